The number of nitrogens with one attached hydrogen (secondary N) is 1. The number of aromatic nitrogens is 3. The molecule has 2 aromatic carbocycles. The minimum atomic E-state index is -4.42. The highest BCUT2D eigenvalue weighted by atomic mass is 35.5. The first-order chi connectivity index (χ1) is 17.4. The molecule has 0 amide bonds. The molecule has 1 saturated carbocycles. The molecule has 1 heterocycles. The number of hydrogen-bond donors (Lipinski definition) is 1. The molecule has 1 aromatic heterocycles. The van der Waals surface area contributed by atoms with Crippen LogP contribution in [-0.2, 0) is 11.2 Å². The third-order valence-electron chi connectivity index (χ3n) is 6.27. The maximum atomic E-state index is 12.8. The van der Waals surface area contributed by atoms with Gasteiger partial charge in [0.2, 0.25) is 0 Å². The van der Waals surface area contributed by atoms with Gasteiger partial charge in [0.25, 0.3) is 0 Å². The van der Waals surface area contributed by atoms with Gasteiger partial charge in [0.15, 0.2) is 5.82 Å². The molecule has 196 valence electrons. The van der Waals surface area contributed by atoms with Crippen LogP contribution in [0.2, 0.25) is 5.02 Å². The highest BCUT2D eigenvalue weighted by Crippen LogP contribution is 2.35. The molecule has 0 bridgehead atoms. The van der Waals surface area contributed by atoms with Crippen molar-refractivity contribution in [2.45, 2.75) is 52.1 Å². The molecule has 3 aromatic rings. The fraction of sp³-hybridized carbons (Fsp3) is 0.407. The number of ether oxygens (including phenoxy) is 1. The van der Waals surface area contributed by atoms with Crippen molar-refractivity contribution in [2.75, 3.05) is 6.61 Å². The fourth-order valence-electron chi connectivity index (χ4n) is 3.95. The number of carbonyl (C=O) groups excluding carboxylic acids is 1. The Kier molecular flexibility index (Phi) is 7.73. The fourth-order valence-corrected chi connectivity index (χ4v) is 4.15. The summed E-state index contributed by atoms with van der Waals surface area (Å²) in [5.41, 5.74) is -0.408. The van der Waals surface area contributed by atoms with Gasteiger partial charge in [0.1, 0.15) is 17.4 Å². The highest BCUT2D eigenvalue weighted by Gasteiger charge is 2.40. The molecule has 0 aliphatic heterocycles. The Bertz CT molecular complexity index is 1330. The Labute approximate surface area is 217 Å². The number of ketones is 1. The Morgan fingerprint density at radius 1 is 1.11 bits per heavy atom. The first-order valence-corrected chi connectivity index (χ1v) is 12.4. The summed E-state index contributed by atoms with van der Waals surface area (Å²) in [6, 6.07) is 12.1. The van der Waals surface area contributed by atoms with Crippen molar-refractivity contribution in [1.29, 1.82) is 0 Å². The molecule has 0 unspecified atom stereocenters. The molecule has 1 aliphatic rings. The van der Waals surface area contributed by atoms with Crippen molar-refractivity contribution in [2.24, 2.45) is 11.3 Å². The SMILES string of the molecule is CC(C)(CC(F)(F)F)C(=O)CCc1ccc(Cl)c(-c2nc(-c3ccc(OCC4CC4)cc3)nc(=O)[nH]2)c1. The standard InChI is InChI=1S/C27H27ClF3N3O3/c1-26(2,15-27(29,30)31)22(35)12-6-16-5-11-21(28)20(13-16)24-32-23(33-25(36)34-24)18-7-9-19(10-8-18)37-14-17-3-4-17/h5,7-11,13,17H,3-4,6,12,14-15H2,1-2H3,(H,32,33,34,36). The number of halogens is 4. The Morgan fingerprint density at radius 3 is 2.46 bits per heavy atom. The molecule has 0 radical (unpaired) electrons. The minimum absolute atomic E-state index is 0.0646. The second-order valence-corrected chi connectivity index (χ2v) is 10.4. The van der Waals surface area contributed by atoms with Gasteiger partial charge in [-0.3, -0.25) is 9.78 Å². The summed E-state index contributed by atoms with van der Waals surface area (Å²) in [5.74, 6) is 1.27. The van der Waals surface area contributed by atoms with Crippen molar-refractivity contribution in [3.63, 3.8) is 0 Å². The predicted octanol–water partition coefficient (Wildman–Crippen LogP) is 6.42. The van der Waals surface area contributed by atoms with Gasteiger partial charge in [0, 0.05) is 23.0 Å². The molecule has 10 heteroatoms. The summed E-state index contributed by atoms with van der Waals surface area (Å²) in [6.45, 7) is 3.29. The molecule has 6 nitrogen and oxygen atoms in total. The third-order valence-corrected chi connectivity index (χ3v) is 6.60. The van der Waals surface area contributed by atoms with E-state index in [0.29, 0.717) is 34.2 Å². The lowest BCUT2D eigenvalue weighted by molar-refractivity contribution is -0.163. The van der Waals surface area contributed by atoms with E-state index in [2.05, 4.69) is 15.0 Å². The Morgan fingerprint density at radius 2 is 1.81 bits per heavy atom. The van der Waals surface area contributed by atoms with Gasteiger partial charge in [-0.15, -0.1) is 0 Å². The zero-order valence-electron chi connectivity index (χ0n) is 20.5. The lowest BCUT2D eigenvalue weighted by Crippen LogP contribution is -2.30. The van der Waals surface area contributed by atoms with E-state index < -0.39 is 29.5 Å². The molecule has 0 saturated heterocycles. The van der Waals surface area contributed by atoms with Gasteiger partial charge in [-0.25, -0.2) is 9.78 Å². The number of benzene rings is 2. The number of Topliss-reactive ketones (excluding diaryl/α,β-unsaturated/α-hetero) is 1. The molecule has 1 aliphatic carbocycles. The molecule has 4 rings (SSSR count). The zero-order valence-corrected chi connectivity index (χ0v) is 21.2. The van der Waals surface area contributed by atoms with Gasteiger partial charge in [-0.1, -0.05) is 31.5 Å². The summed E-state index contributed by atoms with van der Waals surface area (Å²) in [4.78, 5) is 35.9. The van der Waals surface area contributed by atoms with Crippen LogP contribution in [0.3, 0.4) is 0 Å². The molecular weight excluding hydrogens is 507 g/mol. The van der Waals surface area contributed by atoms with Crippen molar-refractivity contribution in [1.82, 2.24) is 15.0 Å². The average Bonchev–Trinajstić information content (AvgIpc) is 3.65. The molecule has 1 N–H and O–H groups in total. The summed E-state index contributed by atoms with van der Waals surface area (Å²) in [7, 11) is 0. The smallest absolute Gasteiger partial charge is 0.390 e. The quantitative estimate of drug-likeness (QED) is 0.325. The van der Waals surface area contributed by atoms with Crippen molar-refractivity contribution in [3.05, 3.63) is 63.5 Å². The second kappa shape index (κ2) is 10.7. The van der Waals surface area contributed by atoms with Crippen LogP contribution in [0.1, 0.15) is 45.1 Å². The number of hydrogen-bond acceptors (Lipinski definition) is 5. The normalized spacial score (nSPS) is 14.0. The summed E-state index contributed by atoms with van der Waals surface area (Å²) in [5, 5.41) is 0.316. The first kappa shape index (κ1) is 26.9. The van der Waals surface area contributed by atoms with E-state index in [9.17, 15) is 22.8 Å². The number of carbonyl (C=O) groups is 1. The van der Waals surface area contributed by atoms with E-state index in [-0.39, 0.29) is 24.5 Å². The van der Waals surface area contributed by atoms with Crippen LogP contribution in [0.25, 0.3) is 22.8 Å². The average molecular weight is 534 g/mol. The number of aromatic amines is 1. The van der Waals surface area contributed by atoms with Crippen molar-refractivity contribution >= 4 is 17.4 Å². The van der Waals surface area contributed by atoms with E-state index in [0.717, 1.165) is 5.75 Å². The van der Waals surface area contributed by atoms with Gasteiger partial charge in [-0.05, 0) is 67.1 Å². The minimum Gasteiger partial charge on any atom is -0.493 e. The van der Waals surface area contributed by atoms with Crippen LogP contribution in [0, 0.1) is 11.3 Å². The largest absolute Gasteiger partial charge is 0.493 e. The van der Waals surface area contributed by atoms with Gasteiger partial charge in [0.05, 0.1) is 18.1 Å². The summed E-state index contributed by atoms with van der Waals surface area (Å²) in [6.07, 6.45) is -3.06. The number of alkyl halides is 3. The van der Waals surface area contributed by atoms with Crippen molar-refractivity contribution in [3.8, 4) is 28.5 Å². The van der Waals surface area contributed by atoms with Gasteiger partial charge < -0.3 is 4.74 Å². The van der Waals surface area contributed by atoms with Crippen LogP contribution in [0.5, 0.6) is 5.75 Å². The van der Waals surface area contributed by atoms with E-state index in [1.165, 1.54) is 26.7 Å². The molecular formula is C27H27ClF3N3O3. The third kappa shape index (κ3) is 7.41. The Balaban J connectivity index is 1.51. The molecule has 0 atom stereocenters. The first-order valence-electron chi connectivity index (χ1n) is 12.0. The van der Waals surface area contributed by atoms with Gasteiger partial charge >= 0.3 is 11.9 Å². The number of nitrogens with zero attached hydrogens (tertiary/aromatic N) is 2. The number of rotatable bonds is 10. The monoisotopic (exact) mass is 533 g/mol. The van der Waals surface area contributed by atoms with Crippen LogP contribution < -0.4 is 10.4 Å². The second-order valence-electron chi connectivity index (χ2n) is 10.0. The van der Waals surface area contributed by atoms with E-state index >= 15 is 0 Å². The maximum Gasteiger partial charge on any atom is 0.390 e. The topological polar surface area (TPSA) is 84.9 Å². The lowest BCUT2D eigenvalue weighted by Gasteiger charge is -2.24. The van der Waals surface area contributed by atoms with Crippen molar-refractivity contribution < 1.29 is 22.7 Å². The maximum absolute atomic E-state index is 12.8. The molecule has 37 heavy (non-hydrogen) atoms. The number of aryl methyl sites for hydroxylation is 1. The van der Waals surface area contributed by atoms with E-state index in [1.54, 1.807) is 42.5 Å². The predicted molar refractivity (Wildman–Crippen MR) is 135 cm³/mol. The lowest BCUT2D eigenvalue weighted by atomic mass is 9.82. The summed E-state index contributed by atoms with van der Waals surface area (Å²) < 4.78 is 44.2. The molecule has 0 spiro atoms. The van der Waals surface area contributed by atoms with Crippen LogP contribution in [0.15, 0.2) is 47.3 Å². The highest BCUT2D eigenvalue weighted by molar-refractivity contribution is 6.33. The summed E-state index contributed by atoms with van der Waals surface area (Å²) >= 11 is 6.38. The van der Waals surface area contributed by atoms with E-state index in [1.807, 2.05) is 0 Å². The zero-order chi connectivity index (χ0) is 26.8. The number of H-pyrrole nitrogens is 1. The van der Waals surface area contributed by atoms with E-state index in [4.69, 9.17) is 16.3 Å². The Hall–Kier alpha value is -3.20. The molecule has 1 fully saturated rings. The van der Waals surface area contributed by atoms with Crippen LogP contribution in [0.4, 0.5) is 13.2 Å². The van der Waals surface area contributed by atoms with Crippen LogP contribution >= 0.6 is 11.6 Å². The van der Waals surface area contributed by atoms with Gasteiger partial charge in [-0.2, -0.15) is 18.2 Å². The van der Waals surface area contributed by atoms with Crippen LogP contribution in [-0.4, -0.2) is 33.5 Å².